The Labute approximate surface area is 179 Å². The van der Waals surface area contributed by atoms with Crippen molar-refractivity contribution in [1.82, 2.24) is 4.90 Å². The van der Waals surface area contributed by atoms with E-state index in [1.54, 1.807) is 6.07 Å². The van der Waals surface area contributed by atoms with Gasteiger partial charge in [0.2, 0.25) is 0 Å². The molecule has 2 aromatic carbocycles. The number of halogens is 3. The molecule has 0 spiro atoms. The predicted octanol–water partition coefficient (Wildman–Crippen LogP) is 4.00. The second-order valence-electron chi connectivity index (χ2n) is 7.78. The van der Waals surface area contributed by atoms with Gasteiger partial charge in [-0.1, -0.05) is 41.4 Å². The van der Waals surface area contributed by atoms with Gasteiger partial charge in [-0.25, -0.2) is 4.39 Å². The van der Waals surface area contributed by atoms with Crippen LogP contribution in [-0.4, -0.2) is 53.4 Å². The standard InChI is InChI=1S/C20H21Cl2FN2O.CH2O2/c1-20(26)11-24(12-20)8-13-5-6-15(18(23)7-13)14-9-25(10-14)19-16(21)3-2-4-17(19)22;2-1-3/h2-7,14,26H,8-12H2,1H3;1H,(H,2,3). The smallest absolute Gasteiger partial charge is 0.290 e. The van der Waals surface area contributed by atoms with Crippen LogP contribution in [0.3, 0.4) is 0 Å². The van der Waals surface area contributed by atoms with Crippen molar-refractivity contribution in [1.29, 1.82) is 0 Å². The zero-order valence-corrected chi connectivity index (χ0v) is 17.5. The number of para-hydroxylation sites is 1. The zero-order valence-electron chi connectivity index (χ0n) is 16.0. The molecule has 156 valence electrons. The monoisotopic (exact) mass is 440 g/mol. The maximum atomic E-state index is 14.6. The molecule has 0 unspecified atom stereocenters. The molecule has 0 aliphatic carbocycles. The number of hydrogen-bond acceptors (Lipinski definition) is 4. The maximum absolute atomic E-state index is 14.6. The minimum atomic E-state index is -0.603. The van der Waals surface area contributed by atoms with E-state index >= 15 is 0 Å². The number of anilines is 1. The summed E-state index contributed by atoms with van der Waals surface area (Å²) in [5.74, 6) is -0.0224. The summed E-state index contributed by atoms with van der Waals surface area (Å²) in [6.07, 6.45) is 0. The van der Waals surface area contributed by atoms with Gasteiger partial charge in [-0.2, -0.15) is 0 Å². The number of hydrogen-bond donors (Lipinski definition) is 2. The summed E-state index contributed by atoms with van der Waals surface area (Å²) >= 11 is 12.5. The molecular formula is C21H23Cl2FN2O3. The highest BCUT2D eigenvalue weighted by Gasteiger charge is 2.36. The van der Waals surface area contributed by atoms with Crippen molar-refractivity contribution in [2.75, 3.05) is 31.1 Å². The molecule has 2 heterocycles. The van der Waals surface area contributed by atoms with Crippen LogP contribution in [0.4, 0.5) is 10.1 Å². The van der Waals surface area contributed by atoms with Crippen LogP contribution in [0.15, 0.2) is 36.4 Å². The van der Waals surface area contributed by atoms with Crippen LogP contribution < -0.4 is 4.90 Å². The summed E-state index contributed by atoms with van der Waals surface area (Å²) < 4.78 is 14.6. The Morgan fingerprint density at radius 2 is 1.79 bits per heavy atom. The van der Waals surface area contributed by atoms with Crippen molar-refractivity contribution >= 4 is 35.4 Å². The van der Waals surface area contributed by atoms with E-state index in [4.69, 9.17) is 33.1 Å². The molecule has 2 fully saturated rings. The van der Waals surface area contributed by atoms with Gasteiger partial charge in [0, 0.05) is 38.6 Å². The van der Waals surface area contributed by atoms with Crippen LogP contribution in [0, 0.1) is 5.82 Å². The van der Waals surface area contributed by atoms with E-state index in [-0.39, 0.29) is 18.2 Å². The molecule has 2 saturated heterocycles. The number of rotatable bonds is 4. The summed E-state index contributed by atoms with van der Waals surface area (Å²) in [5.41, 5.74) is 1.90. The van der Waals surface area contributed by atoms with Gasteiger partial charge in [-0.15, -0.1) is 0 Å². The fourth-order valence-electron chi connectivity index (χ4n) is 3.94. The van der Waals surface area contributed by atoms with Crippen LogP contribution in [0.25, 0.3) is 0 Å². The van der Waals surface area contributed by atoms with Crippen LogP contribution in [0.5, 0.6) is 0 Å². The lowest BCUT2D eigenvalue weighted by Crippen LogP contribution is -2.59. The fraction of sp³-hybridized carbons (Fsp3) is 0.381. The number of nitrogens with zero attached hydrogens (tertiary/aromatic N) is 2. The zero-order chi connectivity index (χ0) is 21.2. The van der Waals surface area contributed by atoms with E-state index in [0.29, 0.717) is 42.8 Å². The summed E-state index contributed by atoms with van der Waals surface area (Å²) in [4.78, 5) is 12.6. The molecule has 4 rings (SSSR count). The summed E-state index contributed by atoms with van der Waals surface area (Å²) in [7, 11) is 0. The average molecular weight is 441 g/mol. The van der Waals surface area contributed by atoms with Gasteiger partial charge in [0.15, 0.2) is 0 Å². The van der Waals surface area contributed by atoms with E-state index in [1.807, 2.05) is 37.3 Å². The number of β-amino-alcohol motifs (C(OH)–C–C–N with tert-alkyl or cyclic N) is 1. The number of carbonyl (C=O) groups is 1. The Kier molecular flexibility index (Phi) is 6.69. The first-order valence-corrected chi connectivity index (χ1v) is 9.99. The van der Waals surface area contributed by atoms with Gasteiger partial charge in [0.25, 0.3) is 6.47 Å². The fourth-order valence-corrected chi connectivity index (χ4v) is 4.57. The van der Waals surface area contributed by atoms with Gasteiger partial charge >= 0.3 is 0 Å². The van der Waals surface area contributed by atoms with Crippen LogP contribution in [0.1, 0.15) is 24.0 Å². The average Bonchev–Trinajstić information content (AvgIpc) is 2.57. The molecule has 2 N–H and O–H groups in total. The molecular weight excluding hydrogens is 418 g/mol. The Balaban J connectivity index is 0.000000755. The summed E-state index contributed by atoms with van der Waals surface area (Å²) in [6, 6.07) is 10.9. The lowest BCUT2D eigenvalue weighted by Gasteiger charge is -2.44. The van der Waals surface area contributed by atoms with Crippen LogP contribution >= 0.6 is 23.2 Å². The van der Waals surface area contributed by atoms with Gasteiger partial charge in [-0.05, 0) is 36.2 Å². The lowest BCUT2D eigenvalue weighted by atomic mass is 9.89. The molecule has 29 heavy (non-hydrogen) atoms. The highest BCUT2D eigenvalue weighted by Crippen LogP contribution is 2.40. The third kappa shape index (κ3) is 5.01. The normalized spacial score (nSPS) is 18.3. The highest BCUT2D eigenvalue weighted by molar-refractivity contribution is 6.39. The Hall–Kier alpha value is -1.86. The van der Waals surface area contributed by atoms with Crippen molar-refractivity contribution in [3.63, 3.8) is 0 Å². The molecule has 0 bridgehead atoms. The second kappa shape index (κ2) is 8.88. The molecule has 2 aliphatic rings. The molecule has 2 aromatic rings. The summed E-state index contributed by atoms with van der Waals surface area (Å²) in [5, 5.41) is 17.9. The van der Waals surface area contributed by atoms with E-state index in [2.05, 4.69) is 9.80 Å². The van der Waals surface area contributed by atoms with Crippen LogP contribution in [0.2, 0.25) is 10.0 Å². The van der Waals surface area contributed by atoms with Crippen molar-refractivity contribution < 1.29 is 19.4 Å². The topological polar surface area (TPSA) is 64.0 Å². The van der Waals surface area contributed by atoms with E-state index in [0.717, 1.165) is 16.8 Å². The van der Waals surface area contributed by atoms with E-state index < -0.39 is 5.60 Å². The minimum absolute atomic E-state index is 0.140. The Morgan fingerprint density at radius 1 is 1.21 bits per heavy atom. The van der Waals surface area contributed by atoms with Crippen LogP contribution in [-0.2, 0) is 11.3 Å². The predicted molar refractivity (Wildman–Crippen MR) is 112 cm³/mol. The minimum Gasteiger partial charge on any atom is -0.483 e. The van der Waals surface area contributed by atoms with Gasteiger partial charge < -0.3 is 15.1 Å². The molecule has 0 radical (unpaired) electrons. The maximum Gasteiger partial charge on any atom is 0.290 e. The molecule has 0 amide bonds. The molecule has 0 aromatic heterocycles. The number of aliphatic hydroxyl groups is 1. The third-order valence-corrected chi connectivity index (χ3v) is 5.78. The Bertz CT molecular complexity index is 860. The summed E-state index contributed by atoms with van der Waals surface area (Å²) in [6.45, 7) is 4.91. The highest BCUT2D eigenvalue weighted by atomic mass is 35.5. The van der Waals surface area contributed by atoms with E-state index in [1.165, 1.54) is 0 Å². The van der Waals surface area contributed by atoms with Gasteiger partial charge in [0.05, 0.1) is 21.3 Å². The van der Waals surface area contributed by atoms with Gasteiger partial charge in [0.1, 0.15) is 5.82 Å². The lowest BCUT2D eigenvalue weighted by molar-refractivity contribution is -0.122. The van der Waals surface area contributed by atoms with Crippen molar-refractivity contribution in [3.05, 3.63) is 63.4 Å². The molecule has 0 atom stereocenters. The largest absolute Gasteiger partial charge is 0.483 e. The quantitative estimate of drug-likeness (QED) is 0.703. The molecule has 2 aliphatic heterocycles. The van der Waals surface area contributed by atoms with E-state index in [9.17, 15) is 9.50 Å². The van der Waals surface area contributed by atoms with Crippen molar-refractivity contribution in [2.24, 2.45) is 0 Å². The van der Waals surface area contributed by atoms with Crippen molar-refractivity contribution in [3.8, 4) is 0 Å². The number of carboxylic acid groups (broad SMARTS) is 1. The number of benzene rings is 2. The SMILES string of the molecule is CC1(O)CN(Cc2ccc(C3CN(c4c(Cl)cccc4Cl)C3)c(F)c2)C1.O=CO. The first-order chi connectivity index (χ1) is 13.7. The van der Waals surface area contributed by atoms with Gasteiger partial charge in [-0.3, -0.25) is 9.69 Å². The molecule has 8 heteroatoms. The Morgan fingerprint density at radius 3 is 2.31 bits per heavy atom. The molecule has 0 saturated carbocycles. The second-order valence-corrected chi connectivity index (χ2v) is 8.59. The molecule has 5 nitrogen and oxygen atoms in total. The third-order valence-electron chi connectivity index (χ3n) is 5.17. The van der Waals surface area contributed by atoms with Crippen molar-refractivity contribution in [2.45, 2.75) is 25.0 Å². The first-order valence-electron chi connectivity index (χ1n) is 9.24. The number of likely N-dealkylation sites (tertiary alicyclic amines) is 1. The first kappa shape index (κ1) is 21.8.